The van der Waals surface area contributed by atoms with Gasteiger partial charge in [-0.05, 0) is 43.3 Å². The van der Waals surface area contributed by atoms with Crippen molar-refractivity contribution in [3.05, 3.63) is 66.4 Å². The van der Waals surface area contributed by atoms with Crippen LogP contribution in [0.25, 0.3) is 0 Å². The molecule has 122 valence electrons. The van der Waals surface area contributed by atoms with Crippen molar-refractivity contribution in [2.24, 2.45) is 7.05 Å². The lowest BCUT2D eigenvalue weighted by Gasteiger charge is -2.08. The van der Waals surface area contributed by atoms with Gasteiger partial charge in [0.15, 0.2) is 5.82 Å². The molecule has 0 aliphatic rings. The predicted octanol–water partition coefficient (Wildman–Crippen LogP) is 4.16. The van der Waals surface area contributed by atoms with Gasteiger partial charge < -0.3 is 10.1 Å². The highest BCUT2D eigenvalue weighted by Gasteiger charge is 2.06. The molecule has 2 amide bonds. The van der Waals surface area contributed by atoms with E-state index in [9.17, 15) is 4.79 Å². The van der Waals surface area contributed by atoms with E-state index in [1.54, 1.807) is 35.0 Å². The van der Waals surface area contributed by atoms with Crippen LogP contribution in [-0.2, 0) is 7.05 Å². The Balaban J connectivity index is 1.58. The van der Waals surface area contributed by atoms with Crippen LogP contribution in [-0.4, -0.2) is 15.8 Å². The second-order valence-electron chi connectivity index (χ2n) is 5.31. The number of benzene rings is 2. The first-order chi connectivity index (χ1) is 11.6. The van der Waals surface area contributed by atoms with Crippen LogP contribution < -0.4 is 15.4 Å². The Labute approximate surface area is 140 Å². The highest BCUT2D eigenvalue weighted by molar-refractivity contribution is 5.99. The number of anilines is 2. The fourth-order valence-corrected chi connectivity index (χ4v) is 2.13. The zero-order valence-corrected chi connectivity index (χ0v) is 13.5. The zero-order chi connectivity index (χ0) is 16.9. The maximum atomic E-state index is 12.0. The minimum atomic E-state index is -0.343. The highest BCUT2D eigenvalue weighted by atomic mass is 16.5. The number of ether oxygens (including phenoxy) is 1. The Morgan fingerprint density at radius 1 is 1.00 bits per heavy atom. The standard InChI is InChI=1S/C18H18N4O2/c1-13-12-17(21-22(13)2)20-18(23)19-14-8-10-16(11-9-14)24-15-6-4-3-5-7-15/h3-12H,1-2H3,(H2,19,20,21,23). The topological polar surface area (TPSA) is 68.2 Å². The molecule has 0 aliphatic carbocycles. The number of aryl methyl sites for hydroxylation is 2. The van der Waals surface area contributed by atoms with E-state index in [0.717, 1.165) is 11.4 Å². The smallest absolute Gasteiger partial charge is 0.324 e. The molecule has 3 aromatic rings. The first-order valence-corrected chi connectivity index (χ1v) is 7.52. The van der Waals surface area contributed by atoms with Crippen LogP contribution in [0.5, 0.6) is 11.5 Å². The van der Waals surface area contributed by atoms with Gasteiger partial charge in [-0.3, -0.25) is 10.00 Å². The monoisotopic (exact) mass is 322 g/mol. The Bertz CT molecular complexity index is 806. The fraction of sp³-hybridized carbons (Fsp3) is 0.111. The number of carbonyl (C=O) groups excluding carboxylic acids is 1. The fourth-order valence-electron chi connectivity index (χ4n) is 2.13. The molecule has 0 bridgehead atoms. The van der Waals surface area contributed by atoms with Crippen molar-refractivity contribution in [3.8, 4) is 11.5 Å². The molecule has 0 aliphatic heterocycles. The molecule has 0 saturated carbocycles. The molecule has 24 heavy (non-hydrogen) atoms. The molecule has 0 saturated heterocycles. The molecular weight excluding hydrogens is 304 g/mol. The molecular formula is C18H18N4O2. The average Bonchev–Trinajstić information content (AvgIpc) is 2.88. The lowest BCUT2D eigenvalue weighted by Crippen LogP contribution is -2.19. The minimum absolute atomic E-state index is 0.343. The lowest BCUT2D eigenvalue weighted by molar-refractivity contribution is 0.262. The van der Waals surface area contributed by atoms with E-state index in [0.29, 0.717) is 17.3 Å². The van der Waals surface area contributed by atoms with Crippen LogP contribution in [0, 0.1) is 6.92 Å². The molecule has 2 N–H and O–H groups in total. The third-order valence-electron chi connectivity index (χ3n) is 3.45. The van der Waals surface area contributed by atoms with E-state index in [-0.39, 0.29) is 6.03 Å². The molecule has 1 aromatic heterocycles. The third-order valence-corrected chi connectivity index (χ3v) is 3.45. The van der Waals surface area contributed by atoms with Crippen molar-refractivity contribution in [1.82, 2.24) is 9.78 Å². The SMILES string of the molecule is Cc1cc(NC(=O)Nc2ccc(Oc3ccccc3)cc2)nn1C. The van der Waals surface area contributed by atoms with E-state index in [4.69, 9.17) is 4.74 Å². The van der Waals surface area contributed by atoms with Gasteiger partial charge in [0, 0.05) is 24.5 Å². The van der Waals surface area contributed by atoms with Crippen molar-refractivity contribution < 1.29 is 9.53 Å². The quantitative estimate of drug-likeness (QED) is 0.757. The highest BCUT2D eigenvalue weighted by Crippen LogP contribution is 2.22. The summed E-state index contributed by atoms with van der Waals surface area (Å²) >= 11 is 0. The predicted molar refractivity (Wildman–Crippen MR) is 93.5 cm³/mol. The number of hydrogen-bond acceptors (Lipinski definition) is 3. The van der Waals surface area contributed by atoms with Gasteiger partial charge in [-0.15, -0.1) is 0 Å². The number of amides is 2. The van der Waals surface area contributed by atoms with Crippen molar-refractivity contribution in [3.63, 3.8) is 0 Å². The number of urea groups is 1. The summed E-state index contributed by atoms with van der Waals surface area (Å²) in [5.74, 6) is 1.98. The van der Waals surface area contributed by atoms with E-state index in [2.05, 4.69) is 15.7 Å². The number of para-hydroxylation sites is 1. The number of aromatic nitrogens is 2. The molecule has 6 heteroatoms. The van der Waals surface area contributed by atoms with Gasteiger partial charge in [-0.2, -0.15) is 5.10 Å². The average molecular weight is 322 g/mol. The molecule has 0 spiro atoms. The summed E-state index contributed by atoms with van der Waals surface area (Å²) in [6.45, 7) is 1.92. The second kappa shape index (κ2) is 6.87. The van der Waals surface area contributed by atoms with Crippen LogP contribution in [0.2, 0.25) is 0 Å². The molecule has 0 atom stereocenters. The minimum Gasteiger partial charge on any atom is -0.457 e. The van der Waals surface area contributed by atoms with Gasteiger partial charge in [-0.1, -0.05) is 18.2 Å². The molecule has 0 unspecified atom stereocenters. The second-order valence-corrected chi connectivity index (χ2v) is 5.31. The summed E-state index contributed by atoms with van der Waals surface area (Å²) < 4.78 is 7.41. The molecule has 3 rings (SSSR count). The number of hydrogen-bond donors (Lipinski definition) is 2. The third kappa shape index (κ3) is 3.92. The summed E-state index contributed by atoms with van der Waals surface area (Å²) in [6.07, 6.45) is 0. The largest absolute Gasteiger partial charge is 0.457 e. The Hall–Kier alpha value is -3.28. The van der Waals surface area contributed by atoms with E-state index >= 15 is 0 Å². The molecule has 0 radical (unpaired) electrons. The van der Waals surface area contributed by atoms with E-state index in [1.807, 2.05) is 44.3 Å². The van der Waals surface area contributed by atoms with Crippen LogP contribution in [0.15, 0.2) is 60.7 Å². The lowest BCUT2D eigenvalue weighted by atomic mass is 10.3. The Kier molecular flexibility index (Phi) is 4.47. The summed E-state index contributed by atoms with van der Waals surface area (Å²) in [7, 11) is 1.82. The normalized spacial score (nSPS) is 10.2. The summed E-state index contributed by atoms with van der Waals surface area (Å²) in [4.78, 5) is 12.0. The maximum absolute atomic E-state index is 12.0. The zero-order valence-electron chi connectivity index (χ0n) is 13.5. The van der Waals surface area contributed by atoms with Gasteiger partial charge in [0.1, 0.15) is 11.5 Å². The number of nitrogens with zero attached hydrogens (tertiary/aromatic N) is 2. The van der Waals surface area contributed by atoms with Crippen molar-refractivity contribution >= 4 is 17.5 Å². The van der Waals surface area contributed by atoms with Crippen LogP contribution >= 0.6 is 0 Å². The summed E-state index contributed by atoms with van der Waals surface area (Å²) in [6, 6.07) is 18.1. The Morgan fingerprint density at radius 3 is 2.29 bits per heavy atom. The van der Waals surface area contributed by atoms with E-state index < -0.39 is 0 Å². The van der Waals surface area contributed by atoms with Gasteiger partial charge in [0.05, 0.1) is 0 Å². The molecule has 6 nitrogen and oxygen atoms in total. The number of nitrogens with one attached hydrogen (secondary N) is 2. The van der Waals surface area contributed by atoms with Gasteiger partial charge in [0.2, 0.25) is 0 Å². The van der Waals surface area contributed by atoms with Crippen LogP contribution in [0.1, 0.15) is 5.69 Å². The Morgan fingerprint density at radius 2 is 1.67 bits per heavy atom. The number of carbonyl (C=O) groups is 1. The van der Waals surface area contributed by atoms with Gasteiger partial charge in [-0.25, -0.2) is 4.79 Å². The number of rotatable bonds is 4. The molecule has 2 aromatic carbocycles. The van der Waals surface area contributed by atoms with E-state index in [1.165, 1.54) is 0 Å². The maximum Gasteiger partial charge on any atom is 0.324 e. The molecule has 0 fully saturated rings. The van der Waals surface area contributed by atoms with Crippen molar-refractivity contribution in [2.45, 2.75) is 6.92 Å². The summed E-state index contributed by atoms with van der Waals surface area (Å²) in [5, 5.41) is 9.63. The van der Waals surface area contributed by atoms with Crippen molar-refractivity contribution in [1.29, 1.82) is 0 Å². The van der Waals surface area contributed by atoms with Gasteiger partial charge >= 0.3 is 6.03 Å². The van der Waals surface area contributed by atoms with Gasteiger partial charge in [0.25, 0.3) is 0 Å². The first kappa shape index (κ1) is 15.6. The van der Waals surface area contributed by atoms with Crippen LogP contribution in [0.3, 0.4) is 0 Å². The van der Waals surface area contributed by atoms with Crippen molar-refractivity contribution in [2.75, 3.05) is 10.6 Å². The first-order valence-electron chi connectivity index (χ1n) is 7.52. The summed E-state index contributed by atoms with van der Waals surface area (Å²) in [5.41, 5.74) is 1.63. The molecule has 1 heterocycles. The van der Waals surface area contributed by atoms with Crippen LogP contribution in [0.4, 0.5) is 16.3 Å².